The predicted octanol–water partition coefficient (Wildman–Crippen LogP) is 2.82. The normalized spacial score (nSPS) is 13.7. The van der Waals surface area contributed by atoms with Gasteiger partial charge in [0.1, 0.15) is 5.75 Å². The van der Waals surface area contributed by atoms with E-state index in [4.69, 9.17) is 4.89 Å². The zero-order valence-corrected chi connectivity index (χ0v) is 7.63. The lowest BCUT2D eigenvalue weighted by Gasteiger charge is -2.12. The Morgan fingerprint density at radius 2 is 1.71 bits per heavy atom. The van der Waals surface area contributed by atoms with Gasteiger partial charge < -0.3 is 9.42 Å². The van der Waals surface area contributed by atoms with E-state index in [9.17, 15) is 13.2 Å². The minimum absolute atomic E-state index is 0.116. The van der Waals surface area contributed by atoms with E-state index in [1.54, 1.807) is 18.2 Å². The summed E-state index contributed by atoms with van der Waals surface area (Å²) in [6, 6.07) is 7.60. The SMILES string of the molecule is OP(Oc1ccccc1)OC(F)(F)F. The Labute approximate surface area is 79.1 Å². The zero-order valence-electron chi connectivity index (χ0n) is 6.73. The van der Waals surface area contributed by atoms with E-state index >= 15 is 0 Å². The lowest BCUT2D eigenvalue weighted by atomic mass is 10.3. The highest BCUT2D eigenvalue weighted by molar-refractivity contribution is 7.41. The van der Waals surface area contributed by atoms with Crippen molar-refractivity contribution in [1.82, 2.24) is 0 Å². The van der Waals surface area contributed by atoms with Gasteiger partial charge in [0.25, 0.3) is 0 Å². The number of alkyl halides is 3. The van der Waals surface area contributed by atoms with Crippen LogP contribution in [0.3, 0.4) is 0 Å². The number of rotatable bonds is 3. The Bertz CT molecular complexity index is 277. The molecule has 0 spiro atoms. The fourth-order valence-electron chi connectivity index (χ4n) is 0.679. The number of benzene rings is 1. The third-order valence-electron chi connectivity index (χ3n) is 1.11. The van der Waals surface area contributed by atoms with Crippen LogP contribution in [-0.4, -0.2) is 11.3 Å². The minimum Gasteiger partial charge on any atom is -0.427 e. The van der Waals surface area contributed by atoms with Crippen molar-refractivity contribution in [3.63, 3.8) is 0 Å². The second-order valence-electron chi connectivity index (χ2n) is 2.18. The molecule has 0 aliphatic carbocycles. The summed E-state index contributed by atoms with van der Waals surface area (Å²) < 4.78 is 42.4. The first kappa shape index (κ1) is 11.2. The van der Waals surface area contributed by atoms with Crippen molar-refractivity contribution < 1.29 is 27.1 Å². The maximum absolute atomic E-state index is 11.6. The fourth-order valence-corrected chi connectivity index (χ4v) is 1.20. The average molecular weight is 226 g/mol. The van der Waals surface area contributed by atoms with Gasteiger partial charge in [-0.1, -0.05) is 18.2 Å². The molecule has 0 aromatic heterocycles. The molecule has 7 heteroatoms. The van der Waals surface area contributed by atoms with Crippen LogP contribution in [0.1, 0.15) is 0 Å². The van der Waals surface area contributed by atoms with Crippen LogP contribution in [0.15, 0.2) is 30.3 Å². The second-order valence-corrected chi connectivity index (χ2v) is 3.02. The lowest BCUT2D eigenvalue weighted by molar-refractivity contribution is -0.277. The Morgan fingerprint density at radius 1 is 1.14 bits per heavy atom. The molecule has 0 radical (unpaired) electrons. The first-order valence-electron chi connectivity index (χ1n) is 3.45. The summed E-state index contributed by atoms with van der Waals surface area (Å²) in [5.41, 5.74) is 0. The highest BCUT2D eigenvalue weighted by Crippen LogP contribution is 2.40. The van der Waals surface area contributed by atoms with Gasteiger partial charge in [0.15, 0.2) is 0 Å². The van der Waals surface area contributed by atoms with Gasteiger partial charge in [-0.15, -0.1) is 13.2 Å². The summed E-state index contributed by atoms with van der Waals surface area (Å²) in [4.78, 5) is 8.74. The van der Waals surface area contributed by atoms with Gasteiger partial charge in [-0.25, -0.2) is 4.52 Å². The molecule has 1 atom stereocenters. The molecular formula is C7H6F3O3P. The maximum atomic E-state index is 11.6. The molecule has 0 saturated carbocycles. The molecule has 14 heavy (non-hydrogen) atoms. The number of hydrogen-bond donors (Lipinski definition) is 1. The topological polar surface area (TPSA) is 38.7 Å². The molecule has 0 aliphatic heterocycles. The van der Waals surface area contributed by atoms with E-state index in [1.165, 1.54) is 12.1 Å². The smallest absolute Gasteiger partial charge is 0.427 e. The molecule has 0 aliphatic rings. The summed E-state index contributed by atoms with van der Waals surface area (Å²) in [5.74, 6) is 0.116. The molecule has 1 aromatic rings. The van der Waals surface area contributed by atoms with Gasteiger partial charge in [0, 0.05) is 0 Å². The predicted molar refractivity (Wildman–Crippen MR) is 43.3 cm³/mol. The van der Waals surface area contributed by atoms with Gasteiger partial charge in [-0.05, 0) is 12.1 Å². The van der Waals surface area contributed by atoms with Crippen LogP contribution < -0.4 is 4.52 Å². The van der Waals surface area contributed by atoms with Crippen molar-refractivity contribution in [2.24, 2.45) is 0 Å². The Balaban J connectivity index is 2.46. The third kappa shape index (κ3) is 4.41. The van der Waals surface area contributed by atoms with Crippen LogP contribution in [0.5, 0.6) is 5.75 Å². The molecule has 1 aromatic carbocycles. The van der Waals surface area contributed by atoms with Crippen molar-refractivity contribution in [3.8, 4) is 5.75 Å². The van der Waals surface area contributed by atoms with Crippen LogP contribution >= 0.6 is 8.60 Å². The van der Waals surface area contributed by atoms with Crippen LogP contribution in [0.4, 0.5) is 13.2 Å². The minimum atomic E-state index is -4.89. The lowest BCUT2D eigenvalue weighted by Crippen LogP contribution is -2.11. The van der Waals surface area contributed by atoms with Crippen molar-refractivity contribution in [2.45, 2.75) is 6.36 Å². The van der Waals surface area contributed by atoms with Gasteiger partial charge >= 0.3 is 15.0 Å². The van der Waals surface area contributed by atoms with Crippen LogP contribution in [0, 0.1) is 0 Å². The van der Waals surface area contributed by atoms with E-state index in [1.807, 2.05) is 0 Å². The summed E-state index contributed by atoms with van der Waals surface area (Å²) in [7, 11) is -2.97. The molecule has 1 rings (SSSR count). The van der Waals surface area contributed by atoms with E-state index in [-0.39, 0.29) is 5.75 Å². The molecule has 0 amide bonds. The molecule has 78 valence electrons. The molecule has 1 N–H and O–H groups in total. The van der Waals surface area contributed by atoms with Crippen molar-refractivity contribution in [1.29, 1.82) is 0 Å². The monoisotopic (exact) mass is 226 g/mol. The average Bonchev–Trinajstić information content (AvgIpc) is 2.02. The summed E-state index contributed by atoms with van der Waals surface area (Å²) in [6.45, 7) is 0. The van der Waals surface area contributed by atoms with Crippen molar-refractivity contribution >= 4 is 8.60 Å². The maximum Gasteiger partial charge on any atom is 0.530 e. The van der Waals surface area contributed by atoms with Crippen LogP contribution in [-0.2, 0) is 4.52 Å². The molecule has 0 fully saturated rings. The second kappa shape index (κ2) is 4.59. The van der Waals surface area contributed by atoms with E-state index in [2.05, 4.69) is 9.05 Å². The standard InChI is InChI=1S/C7H6F3O3P/c8-7(9,10)13-14(11)12-6-4-2-1-3-5-6/h1-5,11H. The molecule has 0 bridgehead atoms. The van der Waals surface area contributed by atoms with Crippen LogP contribution in [0.2, 0.25) is 0 Å². The summed E-state index contributed by atoms with van der Waals surface area (Å²) >= 11 is 0. The molecular weight excluding hydrogens is 220 g/mol. The molecule has 0 saturated heterocycles. The third-order valence-corrected chi connectivity index (χ3v) is 1.84. The molecule has 3 nitrogen and oxygen atoms in total. The first-order chi connectivity index (χ1) is 6.47. The first-order valence-corrected chi connectivity index (χ1v) is 4.58. The highest BCUT2D eigenvalue weighted by atomic mass is 31.2. The number of para-hydroxylation sites is 1. The van der Waals surface area contributed by atoms with Crippen molar-refractivity contribution in [2.75, 3.05) is 0 Å². The zero-order chi connectivity index (χ0) is 10.6. The number of halogens is 3. The van der Waals surface area contributed by atoms with E-state index in [0.29, 0.717) is 0 Å². The molecule has 0 heterocycles. The quantitative estimate of drug-likeness (QED) is 0.805. The van der Waals surface area contributed by atoms with E-state index in [0.717, 1.165) is 0 Å². The van der Waals surface area contributed by atoms with Gasteiger partial charge in [0.2, 0.25) is 0 Å². The number of hydrogen-bond acceptors (Lipinski definition) is 3. The van der Waals surface area contributed by atoms with E-state index < -0.39 is 15.0 Å². The van der Waals surface area contributed by atoms with Crippen LogP contribution in [0.25, 0.3) is 0 Å². The summed E-state index contributed by atoms with van der Waals surface area (Å²) in [6.07, 6.45) is -4.89. The Kier molecular flexibility index (Phi) is 3.69. The van der Waals surface area contributed by atoms with Crippen molar-refractivity contribution in [3.05, 3.63) is 30.3 Å². The Morgan fingerprint density at radius 3 is 2.21 bits per heavy atom. The summed E-state index contributed by atoms with van der Waals surface area (Å²) in [5, 5.41) is 0. The fraction of sp³-hybridized carbons (Fsp3) is 0.143. The Hall–Kier alpha value is -0.840. The van der Waals surface area contributed by atoms with Gasteiger partial charge in [0.05, 0.1) is 0 Å². The largest absolute Gasteiger partial charge is 0.530 e. The van der Waals surface area contributed by atoms with Gasteiger partial charge in [-0.3, -0.25) is 0 Å². The van der Waals surface area contributed by atoms with Gasteiger partial charge in [-0.2, -0.15) is 0 Å². The highest BCUT2D eigenvalue weighted by Gasteiger charge is 2.35. The molecule has 1 unspecified atom stereocenters.